The SMILES string of the molecule is CCCCCCC[C@]1(O)CC[C@H]2[C@@H](CC(=O)[C@@H]2C/C=C\CCCC(=O)OC(C)C)C1. The zero-order valence-electron chi connectivity index (χ0n) is 19.5. The van der Waals surface area contributed by atoms with Gasteiger partial charge in [-0.25, -0.2) is 0 Å². The molecule has 4 atom stereocenters. The van der Waals surface area contributed by atoms with Crippen LogP contribution in [0.5, 0.6) is 0 Å². The zero-order chi connectivity index (χ0) is 22.0. The summed E-state index contributed by atoms with van der Waals surface area (Å²) in [6, 6.07) is 0. The number of ketones is 1. The number of allylic oxidation sites excluding steroid dienone is 2. The lowest BCUT2D eigenvalue weighted by atomic mass is 9.69. The maximum absolute atomic E-state index is 12.6. The van der Waals surface area contributed by atoms with Crippen LogP contribution in [0.1, 0.15) is 111 Å². The largest absolute Gasteiger partial charge is 0.463 e. The average molecular weight is 421 g/mol. The number of carbonyl (C=O) groups excluding carboxylic acids is 2. The van der Waals surface area contributed by atoms with E-state index in [4.69, 9.17) is 4.74 Å². The normalized spacial score (nSPS) is 29.0. The van der Waals surface area contributed by atoms with Crippen LogP contribution in [0, 0.1) is 17.8 Å². The van der Waals surface area contributed by atoms with E-state index in [1.807, 2.05) is 13.8 Å². The fraction of sp³-hybridized carbons (Fsp3) is 0.846. The smallest absolute Gasteiger partial charge is 0.306 e. The Morgan fingerprint density at radius 1 is 1.20 bits per heavy atom. The fourth-order valence-electron chi connectivity index (χ4n) is 5.45. The summed E-state index contributed by atoms with van der Waals surface area (Å²) in [5.41, 5.74) is -0.539. The molecule has 0 aromatic carbocycles. The molecule has 0 aliphatic heterocycles. The van der Waals surface area contributed by atoms with Crippen molar-refractivity contribution in [2.24, 2.45) is 17.8 Å². The van der Waals surface area contributed by atoms with Crippen LogP contribution in [0.3, 0.4) is 0 Å². The fourth-order valence-corrected chi connectivity index (χ4v) is 5.45. The zero-order valence-corrected chi connectivity index (χ0v) is 19.5. The molecule has 30 heavy (non-hydrogen) atoms. The summed E-state index contributed by atoms with van der Waals surface area (Å²) in [5.74, 6) is 1.21. The Morgan fingerprint density at radius 3 is 2.70 bits per heavy atom. The number of carbonyl (C=O) groups is 2. The lowest BCUT2D eigenvalue weighted by Crippen LogP contribution is -2.38. The van der Waals surface area contributed by atoms with Crippen LogP contribution in [0.25, 0.3) is 0 Å². The van der Waals surface area contributed by atoms with Crippen molar-refractivity contribution in [1.29, 1.82) is 0 Å². The molecule has 2 saturated carbocycles. The van der Waals surface area contributed by atoms with E-state index in [1.165, 1.54) is 25.7 Å². The van der Waals surface area contributed by atoms with Gasteiger partial charge in [-0.2, -0.15) is 0 Å². The Hall–Kier alpha value is -1.16. The maximum Gasteiger partial charge on any atom is 0.306 e. The minimum atomic E-state index is -0.539. The quantitative estimate of drug-likeness (QED) is 0.220. The third kappa shape index (κ3) is 8.17. The van der Waals surface area contributed by atoms with Gasteiger partial charge in [-0.3, -0.25) is 9.59 Å². The number of fused-ring (bicyclic) bond motifs is 1. The molecule has 0 amide bonds. The summed E-state index contributed by atoms with van der Waals surface area (Å²) in [6.45, 7) is 5.95. The van der Waals surface area contributed by atoms with E-state index in [0.717, 1.165) is 51.4 Å². The number of hydrogen-bond acceptors (Lipinski definition) is 4. The van der Waals surface area contributed by atoms with E-state index < -0.39 is 5.60 Å². The van der Waals surface area contributed by atoms with Crippen LogP contribution in [-0.2, 0) is 14.3 Å². The first-order valence-electron chi connectivity index (χ1n) is 12.4. The highest BCUT2D eigenvalue weighted by molar-refractivity contribution is 5.84. The Labute approximate surface area is 183 Å². The van der Waals surface area contributed by atoms with Gasteiger partial charge in [0, 0.05) is 18.8 Å². The topological polar surface area (TPSA) is 63.6 Å². The number of ether oxygens (including phenoxy) is 1. The number of Topliss-reactive ketones (excluding diaryl/α,β-unsaturated/α-hetero) is 1. The Kier molecular flexibility index (Phi) is 10.6. The molecule has 2 aliphatic carbocycles. The highest BCUT2D eigenvalue weighted by Gasteiger charge is 2.48. The first-order chi connectivity index (χ1) is 14.3. The van der Waals surface area contributed by atoms with Crippen molar-refractivity contribution in [1.82, 2.24) is 0 Å². The molecule has 0 aromatic heterocycles. The van der Waals surface area contributed by atoms with Crippen LogP contribution in [0.2, 0.25) is 0 Å². The molecular weight excluding hydrogens is 376 g/mol. The lowest BCUT2D eigenvalue weighted by molar-refractivity contribution is -0.147. The molecule has 0 spiro atoms. The first kappa shape index (κ1) is 25.1. The van der Waals surface area contributed by atoms with Gasteiger partial charge >= 0.3 is 5.97 Å². The van der Waals surface area contributed by atoms with Crippen molar-refractivity contribution in [2.45, 2.75) is 122 Å². The molecule has 0 saturated heterocycles. The third-order valence-corrected chi connectivity index (χ3v) is 7.01. The second kappa shape index (κ2) is 12.6. The van der Waals surface area contributed by atoms with Gasteiger partial charge in [0.05, 0.1) is 11.7 Å². The second-order valence-corrected chi connectivity index (χ2v) is 9.97. The Balaban J connectivity index is 1.70. The highest BCUT2D eigenvalue weighted by Crippen LogP contribution is 2.49. The van der Waals surface area contributed by atoms with Gasteiger partial charge in [0.25, 0.3) is 0 Å². The molecule has 0 aromatic rings. The Bertz CT molecular complexity index is 567. The maximum atomic E-state index is 12.6. The molecule has 0 radical (unpaired) electrons. The standard InChI is InChI=1S/C26H44O4/c1-4-5-6-9-12-16-26(29)17-15-22-21(19-26)18-24(27)23(22)13-10-7-8-11-14-25(28)30-20(2)3/h7,10,20-23,29H,4-6,8-9,11-19H2,1-3H3/b10-7-/t21-,22-,23+,26-/m0/s1. The van der Waals surface area contributed by atoms with Crippen molar-refractivity contribution < 1.29 is 19.4 Å². The molecule has 172 valence electrons. The summed E-state index contributed by atoms with van der Waals surface area (Å²) in [4.78, 5) is 24.2. The molecule has 0 bridgehead atoms. The monoisotopic (exact) mass is 420 g/mol. The number of esters is 1. The van der Waals surface area contributed by atoms with Crippen LogP contribution < -0.4 is 0 Å². The molecule has 4 nitrogen and oxygen atoms in total. The van der Waals surface area contributed by atoms with Crippen LogP contribution in [0.15, 0.2) is 12.2 Å². The predicted molar refractivity (Wildman–Crippen MR) is 121 cm³/mol. The molecule has 1 N–H and O–H groups in total. The van der Waals surface area contributed by atoms with Gasteiger partial charge < -0.3 is 9.84 Å². The van der Waals surface area contributed by atoms with Crippen LogP contribution in [-0.4, -0.2) is 28.6 Å². The predicted octanol–water partition coefficient (Wildman–Crippen LogP) is 6.15. The minimum absolute atomic E-state index is 0.0522. The molecule has 0 heterocycles. The van der Waals surface area contributed by atoms with Crippen molar-refractivity contribution in [3.8, 4) is 0 Å². The number of aliphatic hydroxyl groups is 1. The number of rotatable bonds is 13. The summed E-state index contributed by atoms with van der Waals surface area (Å²) < 4.78 is 5.14. The third-order valence-electron chi connectivity index (χ3n) is 7.01. The minimum Gasteiger partial charge on any atom is -0.463 e. The first-order valence-corrected chi connectivity index (χ1v) is 12.4. The van der Waals surface area contributed by atoms with Crippen molar-refractivity contribution in [3.63, 3.8) is 0 Å². The lowest BCUT2D eigenvalue weighted by Gasteiger charge is -2.40. The summed E-state index contributed by atoms with van der Waals surface area (Å²) in [7, 11) is 0. The van der Waals surface area contributed by atoms with Gasteiger partial charge in [0.15, 0.2) is 0 Å². The van der Waals surface area contributed by atoms with Gasteiger partial charge in [-0.1, -0.05) is 51.2 Å². The molecular formula is C26H44O4. The summed E-state index contributed by atoms with van der Waals surface area (Å²) in [5, 5.41) is 11.1. The molecule has 2 aliphatic rings. The van der Waals surface area contributed by atoms with E-state index in [2.05, 4.69) is 19.1 Å². The molecule has 4 heteroatoms. The van der Waals surface area contributed by atoms with Gasteiger partial charge in [-0.05, 0) is 70.6 Å². The van der Waals surface area contributed by atoms with E-state index in [0.29, 0.717) is 30.5 Å². The molecule has 2 fully saturated rings. The van der Waals surface area contributed by atoms with Crippen molar-refractivity contribution in [3.05, 3.63) is 12.2 Å². The molecule has 2 rings (SSSR count). The number of unbranched alkanes of at least 4 members (excludes halogenated alkanes) is 5. The van der Waals surface area contributed by atoms with E-state index >= 15 is 0 Å². The van der Waals surface area contributed by atoms with Gasteiger partial charge in [0.1, 0.15) is 5.78 Å². The molecule has 0 unspecified atom stereocenters. The van der Waals surface area contributed by atoms with E-state index in [-0.39, 0.29) is 18.0 Å². The van der Waals surface area contributed by atoms with Gasteiger partial charge in [0.2, 0.25) is 0 Å². The second-order valence-electron chi connectivity index (χ2n) is 9.97. The highest BCUT2D eigenvalue weighted by atomic mass is 16.5. The average Bonchev–Trinajstić information content (AvgIpc) is 2.97. The summed E-state index contributed by atoms with van der Waals surface area (Å²) >= 11 is 0. The van der Waals surface area contributed by atoms with Crippen molar-refractivity contribution in [2.75, 3.05) is 0 Å². The summed E-state index contributed by atoms with van der Waals surface area (Å²) in [6.07, 6.45) is 17.4. The van der Waals surface area contributed by atoms with Gasteiger partial charge in [-0.15, -0.1) is 0 Å². The number of hydrogen-bond donors (Lipinski definition) is 1. The van der Waals surface area contributed by atoms with Crippen LogP contribution >= 0.6 is 0 Å². The van der Waals surface area contributed by atoms with E-state index in [1.54, 1.807) is 0 Å². The van der Waals surface area contributed by atoms with Crippen LogP contribution in [0.4, 0.5) is 0 Å². The Morgan fingerprint density at radius 2 is 1.97 bits per heavy atom. The van der Waals surface area contributed by atoms with Crippen molar-refractivity contribution >= 4 is 11.8 Å². The van der Waals surface area contributed by atoms with E-state index in [9.17, 15) is 14.7 Å².